The SMILES string of the molecule is NC(=O)C1CCCC12CCCCC2. The molecule has 2 fully saturated rings. The predicted octanol–water partition coefficient (Wildman–Crippen LogP) is 2.22. The molecule has 0 radical (unpaired) electrons. The fourth-order valence-electron chi connectivity index (χ4n) is 3.44. The average Bonchev–Trinajstić information content (AvgIpc) is 2.50. The van der Waals surface area contributed by atoms with Gasteiger partial charge in [-0.15, -0.1) is 0 Å². The second-order valence-corrected chi connectivity index (χ2v) is 4.77. The van der Waals surface area contributed by atoms with Crippen LogP contribution in [0.25, 0.3) is 0 Å². The van der Waals surface area contributed by atoms with Crippen molar-refractivity contribution >= 4 is 5.91 Å². The van der Waals surface area contributed by atoms with E-state index >= 15 is 0 Å². The van der Waals surface area contributed by atoms with Crippen molar-refractivity contribution in [1.82, 2.24) is 0 Å². The Morgan fingerprint density at radius 1 is 1.08 bits per heavy atom. The molecule has 0 saturated heterocycles. The molecule has 2 nitrogen and oxygen atoms in total. The lowest BCUT2D eigenvalue weighted by atomic mass is 9.67. The van der Waals surface area contributed by atoms with Crippen LogP contribution in [0.5, 0.6) is 0 Å². The Bertz CT molecular complexity index is 206. The van der Waals surface area contributed by atoms with E-state index < -0.39 is 0 Å². The van der Waals surface area contributed by atoms with Crippen molar-refractivity contribution in [1.29, 1.82) is 0 Å². The van der Waals surface area contributed by atoms with Crippen LogP contribution in [0.3, 0.4) is 0 Å². The van der Waals surface area contributed by atoms with E-state index in [0.717, 1.165) is 6.42 Å². The number of nitrogens with two attached hydrogens (primary N) is 1. The summed E-state index contributed by atoms with van der Waals surface area (Å²) in [6, 6.07) is 0. The number of hydrogen-bond donors (Lipinski definition) is 1. The number of carbonyl (C=O) groups excluding carboxylic acids is 1. The first-order valence-electron chi connectivity index (χ1n) is 5.54. The molecule has 2 heteroatoms. The van der Waals surface area contributed by atoms with Gasteiger partial charge in [0.25, 0.3) is 0 Å². The van der Waals surface area contributed by atoms with Crippen molar-refractivity contribution in [3.8, 4) is 0 Å². The van der Waals surface area contributed by atoms with Gasteiger partial charge < -0.3 is 5.73 Å². The van der Waals surface area contributed by atoms with Crippen molar-refractivity contribution in [2.24, 2.45) is 17.1 Å². The van der Waals surface area contributed by atoms with Gasteiger partial charge >= 0.3 is 0 Å². The summed E-state index contributed by atoms with van der Waals surface area (Å²) in [6.45, 7) is 0. The van der Waals surface area contributed by atoms with E-state index in [2.05, 4.69) is 0 Å². The summed E-state index contributed by atoms with van der Waals surface area (Å²) < 4.78 is 0. The zero-order valence-corrected chi connectivity index (χ0v) is 8.22. The molecule has 1 unspecified atom stereocenters. The second kappa shape index (κ2) is 3.32. The minimum absolute atomic E-state index is 0.0422. The molecule has 13 heavy (non-hydrogen) atoms. The maximum atomic E-state index is 11.3. The Kier molecular flexibility index (Phi) is 2.31. The van der Waals surface area contributed by atoms with Crippen molar-refractivity contribution in [2.45, 2.75) is 51.4 Å². The van der Waals surface area contributed by atoms with Gasteiger partial charge in [-0.25, -0.2) is 0 Å². The summed E-state index contributed by atoms with van der Waals surface area (Å²) >= 11 is 0. The fourth-order valence-corrected chi connectivity index (χ4v) is 3.44. The number of carbonyl (C=O) groups is 1. The van der Waals surface area contributed by atoms with E-state index in [1.807, 2.05) is 0 Å². The highest BCUT2D eigenvalue weighted by Gasteiger charge is 2.45. The monoisotopic (exact) mass is 181 g/mol. The summed E-state index contributed by atoms with van der Waals surface area (Å²) in [4.78, 5) is 11.3. The standard InChI is InChI=1S/C11H19NO/c12-10(13)9-5-4-8-11(9)6-2-1-3-7-11/h9H,1-8H2,(H2,12,13). The largest absolute Gasteiger partial charge is 0.369 e. The van der Waals surface area contributed by atoms with Crippen molar-refractivity contribution in [3.63, 3.8) is 0 Å². The summed E-state index contributed by atoms with van der Waals surface area (Å²) in [5.74, 6) is 0.159. The molecular formula is C11H19NO. The molecule has 2 aliphatic carbocycles. The lowest BCUT2D eigenvalue weighted by Gasteiger charge is -2.37. The second-order valence-electron chi connectivity index (χ2n) is 4.77. The highest BCUT2D eigenvalue weighted by atomic mass is 16.1. The zero-order valence-electron chi connectivity index (χ0n) is 8.22. The quantitative estimate of drug-likeness (QED) is 0.662. The highest BCUT2D eigenvalue weighted by Crippen LogP contribution is 2.52. The Labute approximate surface area is 79.9 Å². The Morgan fingerprint density at radius 3 is 2.31 bits per heavy atom. The van der Waals surface area contributed by atoms with Crippen molar-refractivity contribution < 1.29 is 4.79 Å². The van der Waals surface area contributed by atoms with Crippen LogP contribution in [-0.2, 0) is 4.79 Å². The first-order chi connectivity index (χ1) is 6.25. The summed E-state index contributed by atoms with van der Waals surface area (Å²) in [5.41, 5.74) is 5.80. The number of amides is 1. The van der Waals surface area contributed by atoms with Gasteiger partial charge in [-0.1, -0.05) is 25.7 Å². The minimum Gasteiger partial charge on any atom is -0.369 e. The molecule has 2 N–H and O–H groups in total. The van der Waals surface area contributed by atoms with Crippen molar-refractivity contribution in [2.75, 3.05) is 0 Å². The van der Waals surface area contributed by atoms with E-state index in [0.29, 0.717) is 5.41 Å². The van der Waals surface area contributed by atoms with E-state index in [4.69, 9.17) is 5.73 Å². The van der Waals surface area contributed by atoms with Gasteiger partial charge in [-0.3, -0.25) is 4.79 Å². The number of primary amides is 1. The van der Waals surface area contributed by atoms with E-state index in [1.165, 1.54) is 44.9 Å². The van der Waals surface area contributed by atoms with E-state index in [1.54, 1.807) is 0 Å². The van der Waals surface area contributed by atoms with Crippen LogP contribution >= 0.6 is 0 Å². The van der Waals surface area contributed by atoms with Gasteiger partial charge in [-0.05, 0) is 31.1 Å². The van der Waals surface area contributed by atoms with Crippen LogP contribution < -0.4 is 5.73 Å². The Morgan fingerprint density at radius 2 is 1.69 bits per heavy atom. The third-order valence-electron chi connectivity index (χ3n) is 4.10. The molecule has 0 aliphatic heterocycles. The van der Waals surface area contributed by atoms with Gasteiger partial charge in [0.05, 0.1) is 0 Å². The van der Waals surface area contributed by atoms with Crippen LogP contribution in [0.2, 0.25) is 0 Å². The molecule has 0 aromatic rings. The maximum Gasteiger partial charge on any atom is 0.221 e. The summed E-state index contributed by atoms with van der Waals surface area (Å²) in [5, 5.41) is 0. The summed E-state index contributed by atoms with van der Waals surface area (Å²) in [6.07, 6.45) is 9.99. The first-order valence-corrected chi connectivity index (χ1v) is 5.54. The summed E-state index contributed by atoms with van der Waals surface area (Å²) in [7, 11) is 0. The van der Waals surface area contributed by atoms with Crippen LogP contribution in [-0.4, -0.2) is 5.91 Å². The molecule has 0 heterocycles. The number of rotatable bonds is 1. The zero-order chi connectivity index (χ0) is 9.31. The van der Waals surface area contributed by atoms with Crippen LogP contribution in [0.4, 0.5) is 0 Å². The molecule has 0 bridgehead atoms. The molecule has 0 aromatic carbocycles. The average molecular weight is 181 g/mol. The van der Waals surface area contributed by atoms with Gasteiger partial charge in [-0.2, -0.15) is 0 Å². The molecule has 2 rings (SSSR count). The molecule has 74 valence electrons. The predicted molar refractivity (Wildman–Crippen MR) is 52.1 cm³/mol. The maximum absolute atomic E-state index is 11.3. The van der Waals surface area contributed by atoms with Crippen LogP contribution in [0.15, 0.2) is 0 Å². The lowest BCUT2D eigenvalue weighted by molar-refractivity contribution is -0.125. The molecule has 2 aliphatic rings. The number of hydrogen-bond acceptors (Lipinski definition) is 1. The van der Waals surface area contributed by atoms with Crippen LogP contribution in [0, 0.1) is 11.3 Å². The van der Waals surface area contributed by atoms with E-state index in [9.17, 15) is 4.79 Å². The highest BCUT2D eigenvalue weighted by molar-refractivity contribution is 5.78. The molecular weight excluding hydrogens is 162 g/mol. The Hall–Kier alpha value is -0.530. The molecule has 0 aromatic heterocycles. The molecule has 1 amide bonds. The van der Waals surface area contributed by atoms with Crippen molar-refractivity contribution in [3.05, 3.63) is 0 Å². The lowest BCUT2D eigenvalue weighted by Crippen LogP contribution is -2.37. The Balaban J connectivity index is 2.13. The van der Waals surface area contributed by atoms with Gasteiger partial charge in [0.15, 0.2) is 0 Å². The molecule has 2 saturated carbocycles. The topological polar surface area (TPSA) is 43.1 Å². The van der Waals surface area contributed by atoms with Crippen LogP contribution in [0.1, 0.15) is 51.4 Å². The smallest absolute Gasteiger partial charge is 0.221 e. The van der Waals surface area contributed by atoms with Gasteiger partial charge in [0.2, 0.25) is 5.91 Å². The normalized spacial score (nSPS) is 32.2. The van der Waals surface area contributed by atoms with E-state index in [-0.39, 0.29) is 11.8 Å². The van der Waals surface area contributed by atoms with Gasteiger partial charge in [0.1, 0.15) is 0 Å². The molecule has 1 spiro atoms. The minimum atomic E-state index is -0.0422. The first kappa shape index (κ1) is 9.04. The third kappa shape index (κ3) is 1.47. The fraction of sp³-hybridized carbons (Fsp3) is 0.909. The molecule has 1 atom stereocenters. The third-order valence-corrected chi connectivity index (χ3v) is 4.10. The van der Waals surface area contributed by atoms with Gasteiger partial charge in [0, 0.05) is 5.92 Å².